The first kappa shape index (κ1) is 25.8. The van der Waals surface area contributed by atoms with Gasteiger partial charge in [-0.3, -0.25) is 9.59 Å². The molecule has 0 radical (unpaired) electrons. The normalized spacial score (nSPS) is 12.6. The number of anilines is 1. The Labute approximate surface area is 204 Å². The van der Waals surface area contributed by atoms with E-state index in [1.54, 1.807) is 24.3 Å². The molecule has 4 N–H and O–H groups in total. The highest BCUT2D eigenvalue weighted by Crippen LogP contribution is 2.28. The van der Waals surface area contributed by atoms with Crippen molar-refractivity contribution in [1.29, 1.82) is 0 Å². The predicted molar refractivity (Wildman–Crippen MR) is 137 cm³/mol. The molecular weight excluding hydrogens is 448 g/mol. The summed E-state index contributed by atoms with van der Waals surface area (Å²) in [7, 11) is 2.87. The molecule has 0 spiro atoms. The molecule has 1 atom stereocenters. The first-order chi connectivity index (χ1) is 16.8. The van der Waals surface area contributed by atoms with E-state index in [4.69, 9.17) is 9.47 Å². The molecule has 0 amide bonds. The number of fused-ring (bicyclic) bond motifs is 1. The average molecular weight is 481 g/mol. The SMILES string of the molecule is COC(=O)C(C)(C)C(/C=C/c1ccc(O)c(OC)c1)NCCCNc1n[nH]c(=O)c2ccccc12. The number of esters is 1. The number of hydrogen-bond acceptors (Lipinski definition) is 8. The number of aromatic nitrogens is 2. The fourth-order valence-electron chi connectivity index (χ4n) is 3.76. The lowest BCUT2D eigenvalue weighted by molar-refractivity contribution is -0.151. The van der Waals surface area contributed by atoms with E-state index in [1.165, 1.54) is 14.2 Å². The van der Waals surface area contributed by atoms with Gasteiger partial charge in [-0.15, -0.1) is 0 Å². The summed E-state index contributed by atoms with van der Waals surface area (Å²) in [5.74, 6) is 0.725. The van der Waals surface area contributed by atoms with E-state index in [9.17, 15) is 14.7 Å². The Bertz CT molecular complexity index is 1250. The van der Waals surface area contributed by atoms with E-state index >= 15 is 0 Å². The summed E-state index contributed by atoms with van der Waals surface area (Å²) in [6, 6.07) is 12.0. The molecular formula is C26H32N4O5. The summed E-state index contributed by atoms with van der Waals surface area (Å²) >= 11 is 0. The van der Waals surface area contributed by atoms with Gasteiger partial charge in [0.25, 0.3) is 5.56 Å². The summed E-state index contributed by atoms with van der Waals surface area (Å²) in [6.07, 6.45) is 4.52. The van der Waals surface area contributed by atoms with Crippen molar-refractivity contribution in [2.45, 2.75) is 26.3 Å². The molecule has 1 heterocycles. The van der Waals surface area contributed by atoms with Gasteiger partial charge in [0.05, 0.1) is 25.0 Å². The number of H-pyrrole nitrogens is 1. The van der Waals surface area contributed by atoms with Crippen LogP contribution in [0.4, 0.5) is 5.82 Å². The van der Waals surface area contributed by atoms with Crippen molar-refractivity contribution in [3.63, 3.8) is 0 Å². The van der Waals surface area contributed by atoms with E-state index in [1.807, 2.05) is 44.2 Å². The van der Waals surface area contributed by atoms with E-state index in [0.29, 0.717) is 30.0 Å². The van der Waals surface area contributed by atoms with E-state index in [0.717, 1.165) is 17.4 Å². The first-order valence-corrected chi connectivity index (χ1v) is 11.4. The van der Waals surface area contributed by atoms with Gasteiger partial charge in [-0.25, -0.2) is 5.10 Å². The summed E-state index contributed by atoms with van der Waals surface area (Å²) in [4.78, 5) is 24.4. The number of rotatable bonds is 11. The maximum atomic E-state index is 12.5. The Kier molecular flexibility index (Phi) is 8.48. The maximum Gasteiger partial charge on any atom is 0.313 e. The highest BCUT2D eigenvalue weighted by Gasteiger charge is 2.36. The van der Waals surface area contributed by atoms with Crippen molar-refractivity contribution in [1.82, 2.24) is 15.5 Å². The van der Waals surface area contributed by atoms with Crippen LogP contribution >= 0.6 is 0 Å². The summed E-state index contributed by atoms with van der Waals surface area (Å²) in [6.45, 7) is 4.88. The summed E-state index contributed by atoms with van der Waals surface area (Å²) < 4.78 is 10.2. The zero-order valence-electron chi connectivity index (χ0n) is 20.4. The number of benzene rings is 2. The van der Waals surface area contributed by atoms with Crippen LogP contribution in [0.25, 0.3) is 16.8 Å². The number of aromatic amines is 1. The Morgan fingerprint density at radius 2 is 1.91 bits per heavy atom. The molecule has 9 nitrogen and oxygen atoms in total. The van der Waals surface area contributed by atoms with Crippen molar-refractivity contribution in [3.05, 3.63) is 64.5 Å². The molecule has 0 aliphatic carbocycles. The van der Waals surface area contributed by atoms with Crippen molar-refractivity contribution < 1.29 is 19.4 Å². The Morgan fingerprint density at radius 3 is 2.63 bits per heavy atom. The number of ether oxygens (including phenoxy) is 2. The van der Waals surface area contributed by atoms with Crippen LogP contribution in [0.5, 0.6) is 11.5 Å². The largest absolute Gasteiger partial charge is 0.504 e. The molecule has 1 aromatic heterocycles. The minimum Gasteiger partial charge on any atom is -0.504 e. The van der Waals surface area contributed by atoms with E-state index in [-0.39, 0.29) is 23.3 Å². The van der Waals surface area contributed by atoms with Crippen LogP contribution in [0.1, 0.15) is 25.8 Å². The fraction of sp³-hybridized carbons (Fsp3) is 0.346. The summed E-state index contributed by atoms with van der Waals surface area (Å²) in [5, 5.41) is 24.5. The average Bonchev–Trinajstić information content (AvgIpc) is 2.87. The topological polar surface area (TPSA) is 126 Å². The van der Waals surface area contributed by atoms with Crippen LogP contribution < -0.4 is 20.9 Å². The van der Waals surface area contributed by atoms with Gasteiger partial charge in [0.1, 0.15) is 0 Å². The zero-order chi connectivity index (χ0) is 25.4. The first-order valence-electron chi connectivity index (χ1n) is 11.4. The molecule has 9 heteroatoms. The highest BCUT2D eigenvalue weighted by molar-refractivity contribution is 5.90. The Hall–Kier alpha value is -3.85. The van der Waals surface area contributed by atoms with Crippen molar-refractivity contribution in [3.8, 4) is 11.5 Å². The number of nitrogens with zero attached hydrogens (tertiary/aromatic N) is 1. The molecule has 186 valence electrons. The lowest BCUT2D eigenvalue weighted by Crippen LogP contribution is -2.46. The minimum atomic E-state index is -0.823. The van der Waals surface area contributed by atoms with Crippen LogP contribution in [0.2, 0.25) is 0 Å². The lowest BCUT2D eigenvalue weighted by Gasteiger charge is -2.30. The van der Waals surface area contributed by atoms with E-state index < -0.39 is 5.41 Å². The van der Waals surface area contributed by atoms with Crippen LogP contribution in [-0.2, 0) is 9.53 Å². The third-order valence-electron chi connectivity index (χ3n) is 5.88. The van der Waals surface area contributed by atoms with Crippen molar-refractivity contribution in [2.75, 3.05) is 32.6 Å². The third-order valence-corrected chi connectivity index (χ3v) is 5.88. The molecule has 35 heavy (non-hydrogen) atoms. The van der Waals surface area contributed by atoms with E-state index in [2.05, 4.69) is 20.8 Å². The van der Waals surface area contributed by atoms with Crippen LogP contribution in [0.3, 0.4) is 0 Å². The Balaban J connectivity index is 1.66. The molecule has 0 saturated carbocycles. The van der Waals surface area contributed by atoms with Crippen molar-refractivity contribution >= 4 is 28.6 Å². The number of hydrogen-bond donors (Lipinski definition) is 4. The van der Waals surface area contributed by atoms with Gasteiger partial charge in [-0.05, 0) is 50.6 Å². The number of aromatic hydroxyl groups is 1. The lowest BCUT2D eigenvalue weighted by atomic mass is 9.83. The molecule has 0 aliphatic rings. The second-order valence-electron chi connectivity index (χ2n) is 8.66. The van der Waals surface area contributed by atoms with Gasteiger partial charge in [0.15, 0.2) is 17.3 Å². The van der Waals surface area contributed by atoms with Crippen molar-refractivity contribution in [2.24, 2.45) is 5.41 Å². The molecule has 0 fully saturated rings. The quantitative estimate of drug-likeness (QED) is 0.243. The standard InChI is InChI=1S/C26H32N4O5/c1-26(2,25(33)35-4)22(13-11-17-10-12-20(31)21(16-17)34-3)27-14-7-15-28-23-18-8-5-6-9-19(18)24(32)30-29-23/h5-6,8-13,16,22,27,31H,7,14-15H2,1-4H3,(H,28,29)(H,30,32)/b13-11+. The molecule has 0 saturated heterocycles. The van der Waals surface area contributed by atoms with Gasteiger partial charge in [0, 0.05) is 18.0 Å². The maximum absolute atomic E-state index is 12.5. The fourth-order valence-corrected chi connectivity index (χ4v) is 3.76. The molecule has 3 rings (SSSR count). The monoisotopic (exact) mass is 480 g/mol. The van der Waals surface area contributed by atoms with Gasteiger partial charge >= 0.3 is 5.97 Å². The van der Waals surface area contributed by atoms with Gasteiger partial charge in [0.2, 0.25) is 0 Å². The van der Waals surface area contributed by atoms with Gasteiger partial charge in [-0.2, -0.15) is 5.10 Å². The second-order valence-corrected chi connectivity index (χ2v) is 8.66. The number of methoxy groups -OCH3 is 2. The number of carbonyl (C=O) groups is 1. The van der Waals surface area contributed by atoms with Crippen LogP contribution in [0, 0.1) is 5.41 Å². The minimum absolute atomic E-state index is 0.0616. The van der Waals surface area contributed by atoms with Gasteiger partial charge in [-0.1, -0.05) is 36.4 Å². The zero-order valence-corrected chi connectivity index (χ0v) is 20.4. The predicted octanol–water partition coefficient (Wildman–Crippen LogP) is 3.31. The number of phenolic OH excluding ortho intramolecular Hbond substituents is 1. The molecule has 2 aromatic carbocycles. The molecule has 1 unspecified atom stereocenters. The number of carbonyl (C=O) groups excluding carboxylic acids is 1. The molecule has 3 aromatic rings. The Morgan fingerprint density at radius 1 is 1.17 bits per heavy atom. The smallest absolute Gasteiger partial charge is 0.313 e. The molecule has 0 bridgehead atoms. The van der Waals surface area contributed by atoms with Gasteiger partial charge < -0.3 is 25.2 Å². The third kappa shape index (κ3) is 6.19. The second kappa shape index (κ2) is 11.5. The summed E-state index contributed by atoms with van der Waals surface area (Å²) in [5.41, 5.74) is -0.223. The molecule has 0 aliphatic heterocycles. The van der Waals surface area contributed by atoms with Crippen LogP contribution in [0.15, 0.2) is 53.3 Å². The highest BCUT2D eigenvalue weighted by atomic mass is 16.5. The van der Waals surface area contributed by atoms with Crippen LogP contribution in [-0.4, -0.2) is 54.6 Å². The number of phenols is 1. The number of nitrogens with one attached hydrogen (secondary N) is 3.